The Kier molecular flexibility index (Phi) is 4.85. The second-order valence-corrected chi connectivity index (χ2v) is 5.70. The van der Waals surface area contributed by atoms with Gasteiger partial charge in [-0.2, -0.15) is 0 Å². The third-order valence-corrected chi connectivity index (χ3v) is 2.72. The lowest BCUT2D eigenvalue weighted by Crippen LogP contribution is -2.33. The first-order valence-corrected chi connectivity index (χ1v) is 7.09. The number of sulfone groups is 1. The van der Waals surface area contributed by atoms with Crippen LogP contribution in [0.2, 0.25) is 0 Å². The standard InChI is InChI=1S/C11H14N2O4S/c1-18(16,17)7-4-10(13-11(14)15)8-9-2-5-12-6-3-9/h2-7,10,13H,8H2,1H3,(H,14,15). The van der Waals surface area contributed by atoms with Gasteiger partial charge in [-0.1, -0.05) is 6.08 Å². The second-order valence-electron chi connectivity index (χ2n) is 3.77. The smallest absolute Gasteiger partial charge is 0.405 e. The van der Waals surface area contributed by atoms with Gasteiger partial charge in [-0.15, -0.1) is 0 Å². The van der Waals surface area contributed by atoms with Gasteiger partial charge >= 0.3 is 6.09 Å². The Morgan fingerprint density at radius 3 is 2.61 bits per heavy atom. The molecule has 98 valence electrons. The monoisotopic (exact) mass is 270 g/mol. The van der Waals surface area contributed by atoms with Gasteiger partial charge in [-0.25, -0.2) is 13.2 Å². The van der Waals surface area contributed by atoms with Crippen molar-refractivity contribution in [3.8, 4) is 0 Å². The second kappa shape index (κ2) is 6.15. The van der Waals surface area contributed by atoms with Crippen molar-refractivity contribution in [2.75, 3.05) is 6.26 Å². The molecule has 1 aromatic heterocycles. The van der Waals surface area contributed by atoms with Crippen LogP contribution in [0, 0.1) is 0 Å². The van der Waals surface area contributed by atoms with E-state index in [0.29, 0.717) is 6.42 Å². The summed E-state index contributed by atoms with van der Waals surface area (Å²) in [6.07, 6.45) is 4.71. The van der Waals surface area contributed by atoms with Crippen molar-refractivity contribution in [3.63, 3.8) is 0 Å². The van der Waals surface area contributed by atoms with E-state index in [-0.39, 0.29) is 0 Å². The summed E-state index contributed by atoms with van der Waals surface area (Å²) in [6.45, 7) is 0. The van der Waals surface area contributed by atoms with E-state index in [1.54, 1.807) is 24.5 Å². The molecule has 0 radical (unpaired) electrons. The molecule has 0 saturated heterocycles. The number of rotatable bonds is 5. The van der Waals surface area contributed by atoms with Crippen LogP contribution in [0.4, 0.5) is 4.79 Å². The Balaban J connectivity index is 2.79. The van der Waals surface area contributed by atoms with Crippen LogP contribution in [0.5, 0.6) is 0 Å². The number of nitrogens with zero attached hydrogens (tertiary/aromatic N) is 1. The first-order valence-electron chi connectivity index (χ1n) is 5.13. The Morgan fingerprint density at radius 1 is 1.50 bits per heavy atom. The van der Waals surface area contributed by atoms with Crippen molar-refractivity contribution in [1.29, 1.82) is 0 Å². The quantitative estimate of drug-likeness (QED) is 0.825. The lowest BCUT2D eigenvalue weighted by Gasteiger charge is -2.12. The summed E-state index contributed by atoms with van der Waals surface area (Å²) in [6, 6.07) is 2.88. The van der Waals surface area contributed by atoms with Crippen LogP contribution in [0.25, 0.3) is 0 Å². The first kappa shape index (κ1) is 14.2. The molecule has 1 unspecified atom stereocenters. The average molecular weight is 270 g/mol. The van der Waals surface area contributed by atoms with Gasteiger partial charge in [0.05, 0.1) is 6.04 Å². The molecule has 1 heterocycles. The fraction of sp³-hybridized carbons (Fsp3) is 0.273. The van der Waals surface area contributed by atoms with Gasteiger partial charge in [-0.3, -0.25) is 4.98 Å². The van der Waals surface area contributed by atoms with E-state index >= 15 is 0 Å². The van der Waals surface area contributed by atoms with E-state index in [4.69, 9.17) is 5.11 Å². The van der Waals surface area contributed by atoms with Crippen LogP contribution in [0.15, 0.2) is 36.0 Å². The molecule has 1 amide bonds. The number of hydrogen-bond acceptors (Lipinski definition) is 4. The predicted octanol–water partition coefficient (Wildman–Crippen LogP) is 0.819. The third kappa shape index (κ3) is 6.00. The zero-order chi connectivity index (χ0) is 13.6. The van der Waals surface area contributed by atoms with Crippen LogP contribution >= 0.6 is 0 Å². The normalized spacial score (nSPS) is 13.4. The van der Waals surface area contributed by atoms with Gasteiger partial charge < -0.3 is 10.4 Å². The maximum atomic E-state index is 11.0. The van der Waals surface area contributed by atoms with Crippen molar-refractivity contribution in [2.24, 2.45) is 0 Å². The molecule has 2 N–H and O–H groups in total. The number of amides is 1. The van der Waals surface area contributed by atoms with E-state index < -0.39 is 22.0 Å². The number of nitrogens with one attached hydrogen (secondary N) is 1. The minimum absolute atomic E-state index is 0.362. The van der Waals surface area contributed by atoms with Gasteiger partial charge in [-0.05, 0) is 24.1 Å². The largest absolute Gasteiger partial charge is 0.465 e. The fourth-order valence-corrected chi connectivity index (χ4v) is 1.81. The van der Waals surface area contributed by atoms with Crippen LogP contribution < -0.4 is 5.32 Å². The zero-order valence-electron chi connectivity index (χ0n) is 9.78. The Bertz CT molecular complexity index is 525. The number of pyridine rings is 1. The molecule has 0 aromatic carbocycles. The van der Waals surface area contributed by atoms with E-state index in [0.717, 1.165) is 17.2 Å². The van der Waals surface area contributed by atoms with Crippen LogP contribution in [0.3, 0.4) is 0 Å². The van der Waals surface area contributed by atoms with Crippen molar-refractivity contribution in [1.82, 2.24) is 10.3 Å². The molecule has 7 heteroatoms. The van der Waals surface area contributed by atoms with Crippen LogP contribution in [-0.4, -0.2) is 36.9 Å². The Labute approximate surface area is 105 Å². The summed E-state index contributed by atoms with van der Waals surface area (Å²) in [7, 11) is -3.27. The molecule has 1 aromatic rings. The summed E-state index contributed by atoms with van der Waals surface area (Å²) in [5.74, 6) is 0. The van der Waals surface area contributed by atoms with Crippen LogP contribution in [0.1, 0.15) is 5.56 Å². The molecule has 1 rings (SSSR count). The van der Waals surface area contributed by atoms with Crippen molar-refractivity contribution in [3.05, 3.63) is 41.6 Å². The number of aromatic nitrogens is 1. The molecule has 18 heavy (non-hydrogen) atoms. The van der Waals surface area contributed by atoms with E-state index in [2.05, 4.69) is 10.3 Å². The van der Waals surface area contributed by atoms with Gasteiger partial charge in [0.1, 0.15) is 0 Å². The molecule has 6 nitrogen and oxygen atoms in total. The number of carbonyl (C=O) groups is 1. The molecular formula is C11H14N2O4S. The molecule has 1 atom stereocenters. The van der Waals surface area contributed by atoms with Gasteiger partial charge in [0.25, 0.3) is 0 Å². The lowest BCUT2D eigenvalue weighted by molar-refractivity contribution is 0.192. The maximum absolute atomic E-state index is 11.0. The van der Waals surface area contributed by atoms with Crippen molar-refractivity contribution < 1.29 is 18.3 Å². The summed E-state index contributed by atoms with van der Waals surface area (Å²) in [5.41, 5.74) is 0.863. The average Bonchev–Trinajstić information content (AvgIpc) is 2.25. The summed E-state index contributed by atoms with van der Waals surface area (Å²) in [4.78, 5) is 14.5. The minimum atomic E-state index is -3.27. The molecule has 0 aliphatic heterocycles. The molecule has 0 fully saturated rings. The fourth-order valence-electron chi connectivity index (χ4n) is 1.34. The van der Waals surface area contributed by atoms with Crippen molar-refractivity contribution in [2.45, 2.75) is 12.5 Å². The molecule has 0 aliphatic carbocycles. The molecule has 0 spiro atoms. The predicted molar refractivity (Wildman–Crippen MR) is 66.9 cm³/mol. The number of carboxylic acid groups (broad SMARTS) is 1. The Morgan fingerprint density at radius 2 is 2.11 bits per heavy atom. The van der Waals surface area contributed by atoms with Crippen molar-refractivity contribution >= 4 is 15.9 Å². The molecular weight excluding hydrogens is 256 g/mol. The lowest BCUT2D eigenvalue weighted by atomic mass is 10.1. The maximum Gasteiger partial charge on any atom is 0.405 e. The highest BCUT2D eigenvalue weighted by Gasteiger charge is 2.09. The van der Waals surface area contributed by atoms with E-state index in [1.165, 1.54) is 6.08 Å². The molecule has 0 bridgehead atoms. The molecule has 0 aliphatic rings. The van der Waals surface area contributed by atoms with Crippen LogP contribution in [-0.2, 0) is 16.3 Å². The van der Waals surface area contributed by atoms with E-state index in [9.17, 15) is 13.2 Å². The van der Waals surface area contributed by atoms with Gasteiger partial charge in [0, 0.05) is 24.1 Å². The number of hydrogen-bond donors (Lipinski definition) is 2. The summed E-state index contributed by atoms with van der Waals surface area (Å²) < 4.78 is 22.0. The summed E-state index contributed by atoms with van der Waals surface area (Å²) in [5, 5.41) is 11.9. The highest BCUT2D eigenvalue weighted by molar-refractivity contribution is 7.93. The third-order valence-electron chi connectivity index (χ3n) is 2.07. The van der Waals surface area contributed by atoms with Gasteiger partial charge in [0.15, 0.2) is 9.84 Å². The first-order chi connectivity index (χ1) is 8.37. The minimum Gasteiger partial charge on any atom is -0.465 e. The Hall–Kier alpha value is -1.89. The summed E-state index contributed by atoms with van der Waals surface area (Å²) >= 11 is 0. The molecule has 0 saturated carbocycles. The van der Waals surface area contributed by atoms with E-state index in [1.807, 2.05) is 0 Å². The highest BCUT2D eigenvalue weighted by atomic mass is 32.2. The highest BCUT2D eigenvalue weighted by Crippen LogP contribution is 2.04. The zero-order valence-corrected chi connectivity index (χ0v) is 10.6. The SMILES string of the molecule is CS(=O)(=O)C=CC(Cc1ccncc1)NC(=O)O. The van der Waals surface area contributed by atoms with Gasteiger partial charge in [0.2, 0.25) is 0 Å². The topological polar surface area (TPSA) is 96.4 Å².